The molecule has 603 valence electrons. The Hall–Kier alpha value is -5.71. The van der Waals surface area contributed by atoms with E-state index in [1.807, 2.05) is 399 Å². The van der Waals surface area contributed by atoms with Crippen LogP contribution in [0.5, 0.6) is 0 Å². The Morgan fingerprint density at radius 1 is 0.236 bits per heavy atom. The van der Waals surface area contributed by atoms with Crippen molar-refractivity contribution in [2.24, 2.45) is 0 Å². The molecule has 0 unspecified atom stereocenters. The zero-order valence-electron chi connectivity index (χ0n) is 76.4. The third-order valence-corrected chi connectivity index (χ3v) is 11.8. The standard InChI is InChI=1S/3C8H8.3C7H8.C6H5.3C6H6.17C2H6.V.2W/c3*1-3-7-5-2-6-8(7)4-1;3*1-7-5-3-2-4-6-7;1-6-4-2-3-5-6;3*1-2-4-6-5-3-1;17*1-2;;;/h2*1-3,6H,4-5H2;1-3,5H,4,6H2;3*2-6H,1H3;1-2,4H,3H2;3*1-6H;17*1-2H3;;;/q;;;;;;-1;;;;;;;;;;;;;;;;;;;;;;;. The van der Waals surface area contributed by atoms with Crippen LogP contribution in [0.25, 0.3) is 0 Å². The van der Waals surface area contributed by atoms with Crippen molar-refractivity contribution in [1.29, 1.82) is 0 Å². The zero-order valence-corrected chi connectivity index (χ0v) is 83.7. The van der Waals surface area contributed by atoms with Crippen LogP contribution in [0.1, 0.15) is 297 Å². The Labute approximate surface area is 705 Å². The van der Waals surface area contributed by atoms with Gasteiger partial charge >= 0.3 is 54.0 Å². The van der Waals surface area contributed by atoms with Gasteiger partial charge in [-0.1, -0.05) is 531 Å². The fourth-order valence-corrected chi connectivity index (χ4v) is 7.65. The Bertz CT molecular complexity index is 2310. The molecule has 0 aromatic heterocycles. The number of hydrogen-bond donors (Lipinski definition) is 0. The van der Waals surface area contributed by atoms with E-state index in [1.54, 1.807) is 5.57 Å². The molecule has 7 aliphatic rings. The van der Waals surface area contributed by atoms with Gasteiger partial charge in [0.05, 0.1) is 0 Å². The van der Waals surface area contributed by atoms with Crippen molar-refractivity contribution in [3.8, 4) is 0 Å². The molecule has 7 aliphatic carbocycles. The van der Waals surface area contributed by atoms with Gasteiger partial charge in [0.25, 0.3) is 0 Å². The molecule has 0 saturated heterocycles. The molecular formula is C103H173VW2-. The summed E-state index contributed by atoms with van der Waals surface area (Å²) < 4.78 is 2.14. The number of allylic oxidation sites excluding steroid dienone is 22. The summed E-state index contributed by atoms with van der Waals surface area (Å²) >= 11 is 1.50. The first-order chi connectivity index (χ1) is 51.5. The van der Waals surface area contributed by atoms with Gasteiger partial charge in [-0.3, -0.25) is 0 Å². The van der Waals surface area contributed by atoms with E-state index in [9.17, 15) is 0 Å². The minimum atomic E-state index is 0. The van der Waals surface area contributed by atoms with Crippen LogP contribution in [0.4, 0.5) is 0 Å². The van der Waals surface area contributed by atoms with E-state index in [1.165, 1.54) is 108 Å². The van der Waals surface area contributed by atoms with E-state index in [0.717, 1.165) is 6.42 Å². The summed E-state index contributed by atoms with van der Waals surface area (Å²) in [5, 5.41) is 0. The van der Waals surface area contributed by atoms with Crippen LogP contribution in [0.3, 0.4) is 0 Å². The third kappa shape index (κ3) is 107. The SMILES string of the molecule is C1=CC2=C(C1)CC=C2.C1=CC2=C(C=CC2)C1.C1=CC2=C(C=CC2)C1.CC.CC.CC.CC.CC.CC.CC.CC.CC.CC.CC.CC.CC.CC.CC.CC.CC.Cc1ccccc1.Cc1ccccc1.Cc1ccccc1.[V].[W].[W]=[CH]C1=[C-]CC=C1.c1ccccc1.c1ccccc1.c1ccccc1. The van der Waals surface area contributed by atoms with E-state index in [-0.39, 0.29) is 39.6 Å². The second-order valence-corrected chi connectivity index (χ2v) is 17.4. The molecule has 0 N–H and O–H groups in total. The van der Waals surface area contributed by atoms with Gasteiger partial charge in [-0.15, -0.1) is 0 Å². The quantitative estimate of drug-likeness (QED) is 0.144. The Kier molecular flexibility index (Phi) is 195. The maximum atomic E-state index is 3.18. The molecule has 0 fully saturated rings. The molecule has 0 atom stereocenters. The summed E-state index contributed by atoms with van der Waals surface area (Å²) in [4.78, 5) is 0. The smallest absolute Gasteiger partial charge is 0.0623 e. The first-order valence-corrected chi connectivity index (χ1v) is 43.1. The fraction of sp³-hybridized carbons (Fsp3) is 0.427. The summed E-state index contributed by atoms with van der Waals surface area (Å²) in [6.07, 6.45) is 42.2. The summed E-state index contributed by atoms with van der Waals surface area (Å²) in [5.41, 5.74) is 14.4. The predicted octanol–water partition coefficient (Wildman–Crippen LogP) is 36.1. The van der Waals surface area contributed by atoms with Crippen molar-refractivity contribution in [2.75, 3.05) is 0 Å². The average molecular weight is 1830 g/mol. The van der Waals surface area contributed by atoms with Gasteiger partial charge in [0.15, 0.2) is 0 Å². The monoisotopic (exact) mass is 1830 g/mol. The van der Waals surface area contributed by atoms with Crippen LogP contribution in [-0.4, -0.2) is 4.40 Å². The number of benzene rings is 6. The van der Waals surface area contributed by atoms with Gasteiger partial charge in [-0.2, -0.15) is 0 Å². The van der Waals surface area contributed by atoms with Crippen molar-refractivity contribution >= 4 is 4.40 Å². The molecular weight excluding hydrogens is 1660 g/mol. The van der Waals surface area contributed by atoms with Gasteiger partial charge in [-0.05, 0) is 87.2 Å². The first kappa shape index (κ1) is 139. The molecule has 6 aromatic rings. The van der Waals surface area contributed by atoms with Crippen LogP contribution in [0, 0.1) is 26.8 Å². The molecule has 0 aliphatic heterocycles. The molecule has 0 heterocycles. The average Bonchev–Trinajstić information content (AvgIpc) is 1.75. The Morgan fingerprint density at radius 2 is 0.406 bits per heavy atom. The minimum Gasteiger partial charge on any atom is -0.0623 e. The van der Waals surface area contributed by atoms with Gasteiger partial charge in [0.1, 0.15) is 0 Å². The molecule has 1 radical (unpaired) electrons. The zero-order chi connectivity index (χ0) is 83.4. The van der Waals surface area contributed by atoms with Crippen LogP contribution < -0.4 is 0 Å². The number of aryl methyl sites for hydroxylation is 3. The molecule has 3 heteroatoms. The fourth-order valence-electron chi connectivity index (χ4n) is 7.06. The van der Waals surface area contributed by atoms with Gasteiger partial charge in [0, 0.05) is 39.6 Å². The van der Waals surface area contributed by atoms with Crippen molar-refractivity contribution in [3.05, 3.63) is 347 Å². The maximum Gasteiger partial charge on any atom is -0.0623 e. The Morgan fingerprint density at radius 3 is 0.528 bits per heavy atom. The maximum absolute atomic E-state index is 3.18. The van der Waals surface area contributed by atoms with E-state index < -0.39 is 0 Å². The summed E-state index contributed by atoms with van der Waals surface area (Å²) in [7, 11) is 0. The number of rotatable bonds is 1. The van der Waals surface area contributed by atoms with Crippen LogP contribution in [-0.2, 0) is 59.0 Å². The molecule has 0 saturated carbocycles. The number of hydrogen-bond acceptors (Lipinski definition) is 0. The van der Waals surface area contributed by atoms with Crippen molar-refractivity contribution < 1.29 is 59.0 Å². The summed E-state index contributed by atoms with van der Waals surface area (Å²) in [5.74, 6) is 0. The van der Waals surface area contributed by atoms with Gasteiger partial charge in [-0.25, -0.2) is 0 Å². The second kappa shape index (κ2) is 149. The second-order valence-electron chi connectivity index (χ2n) is 16.6. The molecule has 0 bridgehead atoms. The predicted molar refractivity (Wildman–Crippen MR) is 496 cm³/mol. The van der Waals surface area contributed by atoms with Crippen molar-refractivity contribution in [3.63, 3.8) is 0 Å². The molecule has 0 nitrogen and oxygen atoms in total. The largest absolute Gasteiger partial charge is 0.0623 e. The molecule has 106 heavy (non-hydrogen) atoms. The third-order valence-electron chi connectivity index (χ3n) is 10.9. The van der Waals surface area contributed by atoms with Gasteiger partial charge in [0.2, 0.25) is 0 Å². The summed E-state index contributed by atoms with van der Waals surface area (Å²) in [6.45, 7) is 74.2. The molecule has 0 spiro atoms. The van der Waals surface area contributed by atoms with E-state index >= 15 is 0 Å². The summed E-state index contributed by atoms with van der Waals surface area (Å²) in [6, 6.07) is 66.8. The first-order valence-electron chi connectivity index (χ1n) is 41.4. The molecule has 6 aromatic carbocycles. The minimum absolute atomic E-state index is 0. The van der Waals surface area contributed by atoms with Gasteiger partial charge < -0.3 is 0 Å². The van der Waals surface area contributed by atoms with Crippen molar-refractivity contribution in [1.82, 2.24) is 0 Å². The van der Waals surface area contributed by atoms with E-state index in [4.69, 9.17) is 0 Å². The van der Waals surface area contributed by atoms with Crippen LogP contribution in [0.2, 0.25) is 0 Å². The van der Waals surface area contributed by atoms with E-state index in [2.05, 4.69) is 153 Å². The van der Waals surface area contributed by atoms with Crippen LogP contribution in [0.15, 0.2) is 324 Å². The van der Waals surface area contributed by atoms with Crippen molar-refractivity contribution in [2.45, 2.75) is 301 Å². The van der Waals surface area contributed by atoms with E-state index in [0.29, 0.717) is 0 Å². The Balaban J connectivity index is -0.0000000580. The topological polar surface area (TPSA) is 0 Å². The van der Waals surface area contributed by atoms with Crippen LogP contribution >= 0.6 is 0 Å². The molecule has 13 rings (SSSR count). The molecule has 0 amide bonds. The normalized spacial score (nSPS) is 10.4.